The molecule has 1 heterocycles. The third-order valence-electron chi connectivity index (χ3n) is 1.31. The van der Waals surface area contributed by atoms with Crippen molar-refractivity contribution in [1.29, 1.82) is 5.26 Å². The van der Waals surface area contributed by atoms with Crippen LogP contribution in [0.15, 0.2) is 19.0 Å². The summed E-state index contributed by atoms with van der Waals surface area (Å²) in [6, 6.07) is 1.88. The van der Waals surface area contributed by atoms with Gasteiger partial charge in [-0.15, -0.1) is 6.58 Å². The Morgan fingerprint density at radius 3 is 3.09 bits per heavy atom. The fourth-order valence-corrected chi connectivity index (χ4v) is 0.763. The molecule has 1 rings (SSSR count). The van der Waals surface area contributed by atoms with Gasteiger partial charge < -0.3 is 10.3 Å². The first kappa shape index (κ1) is 7.35. The summed E-state index contributed by atoms with van der Waals surface area (Å²) in [6.07, 6.45) is 3.22. The minimum Gasteiger partial charge on any atom is -0.383 e. The van der Waals surface area contributed by atoms with Crippen molar-refractivity contribution in [3.05, 3.63) is 24.7 Å². The highest BCUT2D eigenvalue weighted by Crippen LogP contribution is 2.07. The molecule has 1 aromatic heterocycles. The molecule has 0 aliphatic rings. The van der Waals surface area contributed by atoms with E-state index in [2.05, 4.69) is 11.6 Å². The number of allylic oxidation sites excluding steroid dienone is 1. The van der Waals surface area contributed by atoms with Gasteiger partial charge in [-0.25, -0.2) is 4.98 Å². The van der Waals surface area contributed by atoms with Gasteiger partial charge in [0.25, 0.3) is 0 Å². The lowest BCUT2D eigenvalue weighted by Crippen LogP contribution is -2.00. The lowest BCUT2D eigenvalue weighted by Gasteiger charge is -1.97. The fraction of sp³-hybridized carbons (Fsp3) is 0.143. The Labute approximate surface area is 64.6 Å². The molecule has 0 aliphatic heterocycles. The van der Waals surface area contributed by atoms with E-state index >= 15 is 0 Å². The van der Waals surface area contributed by atoms with Gasteiger partial charge in [0, 0.05) is 6.54 Å². The fourth-order valence-electron chi connectivity index (χ4n) is 0.763. The van der Waals surface area contributed by atoms with Crippen LogP contribution in [0.2, 0.25) is 0 Å². The summed E-state index contributed by atoms with van der Waals surface area (Å²) < 4.78 is 1.66. The molecule has 56 valence electrons. The molecule has 2 N–H and O–H groups in total. The van der Waals surface area contributed by atoms with Crippen molar-refractivity contribution in [2.75, 3.05) is 5.73 Å². The molecule has 0 bridgehead atoms. The summed E-state index contributed by atoms with van der Waals surface area (Å²) in [6.45, 7) is 4.13. The van der Waals surface area contributed by atoms with Crippen LogP contribution in [0.4, 0.5) is 5.82 Å². The summed E-state index contributed by atoms with van der Waals surface area (Å²) in [5, 5.41) is 8.47. The SMILES string of the molecule is C=CCn1cnc(C#N)c1N. The van der Waals surface area contributed by atoms with Gasteiger partial charge >= 0.3 is 0 Å². The Morgan fingerprint density at radius 2 is 2.64 bits per heavy atom. The molecule has 1 aromatic rings. The van der Waals surface area contributed by atoms with Crippen LogP contribution in [-0.4, -0.2) is 9.55 Å². The molecule has 0 unspecified atom stereocenters. The highest BCUT2D eigenvalue weighted by atomic mass is 15.1. The number of hydrogen-bond acceptors (Lipinski definition) is 3. The van der Waals surface area contributed by atoms with Gasteiger partial charge in [0.05, 0.1) is 6.33 Å². The van der Waals surface area contributed by atoms with E-state index in [1.165, 1.54) is 6.33 Å². The third-order valence-corrected chi connectivity index (χ3v) is 1.31. The quantitative estimate of drug-likeness (QED) is 0.622. The molecular weight excluding hydrogens is 140 g/mol. The topological polar surface area (TPSA) is 67.6 Å². The van der Waals surface area contributed by atoms with Crippen molar-refractivity contribution in [1.82, 2.24) is 9.55 Å². The number of nitrogens with zero attached hydrogens (tertiary/aromatic N) is 3. The van der Waals surface area contributed by atoms with E-state index in [1.807, 2.05) is 6.07 Å². The Hall–Kier alpha value is -1.76. The second kappa shape index (κ2) is 2.88. The molecule has 0 atom stereocenters. The highest BCUT2D eigenvalue weighted by Gasteiger charge is 2.03. The number of nitrogens with two attached hydrogens (primary N) is 1. The van der Waals surface area contributed by atoms with Crippen molar-refractivity contribution in [3.63, 3.8) is 0 Å². The van der Waals surface area contributed by atoms with Crippen LogP contribution >= 0.6 is 0 Å². The molecule has 4 nitrogen and oxygen atoms in total. The Morgan fingerprint density at radius 1 is 1.91 bits per heavy atom. The lowest BCUT2D eigenvalue weighted by molar-refractivity contribution is 0.833. The van der Waals surface area contributed by atoms with Crippen molar-refractivity contribution < 1.29 is 0 Å². The maximum atomic E-state index is 8.47. The zero-order valence-corrected chi connectivity index (χ0v) is 5.99. The summed E-state index contributed by atoms with van der Waals surface area (Å²) in [7, 11) is 0. The summed E-state index contributed by atoms with van der Waals surface area (Å²) in [5.41, 5.74) is 5.80. The molecule has 11 heavy (non-hydrogen) atoms. The zero-order chi connectivity index (χ0) is 8.27. The second-order valence-corrected chi connectivity index (χ2v) is 2.03. The van der Waals surface area contributed by atoms with Crippen LogP contribution in [0.3, 0.4) is 0 Å². The number of rotatable bonds is 2. The van der Waals surface area contributed by atoms with Gasteiger partial charge in [0.2, 0.25) is 0 Å². The van der Waals surface area contributed by atoms with Gasteiger partial charge in [0.1, 0.15) is 11.9 Å². The van der Waals surface area contributed by atoms with Crippen LogP contribution in [0.5, 0.6) is 0 Å². The molecule has 0 saturated carbocycles. The molecule has 0 aliphatic carbocycles. The predicted octanol–water partition coefficient (Wildman–Crippen LogP) is 0.523. The second-order valence-electron chi connectivity index (χ2n) is 2.03. The van der Waals surface area contributed by atoms with Gasteiger partial charge in [0.15, 0.2) is 5.69 Å². The summed E-state index contributed by atoms with van der Waals surface area (Å²) in [4.78, 5) is 3.78. The summed E-state index contributed by atoms with van der Waals surface area (Å²) >= 11 is 0. The average Bonchev–Trinajstić information content (AvgIpc) is 2.34. The van der Waals surface area contributed by atoms with E-state index in [1.54, 1.807) is 10.6 Å². The molecule has 0 aromatic carbocycles. The zero-order valence-electron chi connectivity index (χ0n) is 5.99. The van der Waals surface area contributed by atoms with Crippen molar-refractivity contribution in [3.8, 4) is 6.07 Å². The Bertz CT molecular complexity index is 305. The maximum absolute atomic E-state index is 8.47. The molecule has 0 saturated heterocycles. The minimum atomic E-state index is 0.270. The largest absolute Gasteiger partial charge is 0.383 e. The maximum Gasteiger partial charge on any atom is 0.182 e. The number of hydrogen-bond donors (Lipinski definition) is 1. The first-order valence-electron chi connectivity index (χ1n) is 3.11. The standard InChI is InChI=1S/C7H8N4/c1-2-3-11-5-10-6(4-8)7(11)9/h2,5H,1,3,9H2. The Kier molecular flexibility index (Phi) is 1.93. The first-order chi connectivity index (χ1) is 5.29. The number of aromatic nitrogens is 2. The third kappa shape index (κ3) is 1.22. The van der Waals surface area contributed by atoms with Crippen LogP contribution in [-0.2, 0) is 6.54 Å². The van der Waals surface area contributed by atoms with Gasteiger partial charge in [-0.2, -0.15) is 5.26 Å². The molecule has 0 radical (unpaired) electrons. The smallest absolute Gasteiger partial charge is 0.182 e. The molecule has 0 spiro atoms. The molecular formula is C7H8N4. The van der Waals surface area contributed by atoms with E-state index in [9.17, 15) is 0 Å². The van der Waals surface area contributed by atoms with Crippen LogP contribution in [0.1, 0.15) is 5.69 Å². The molecule has 4 heteroatoms. The monoisotopic (exact) mass is 148 g/mol. The number of anilines is 1. The average molecular weight is 148 g/mol. The van der Waals surface area contributed by atoms with Gasteiger partial charge in [-0.1, -0.05) is 6.08 Å². The van der Waals surface area contributed by atoms with E-state index in [0.717, 1.165) is 0 Å². The molecule has 0 amide bonds. The van der Waals surface area contributed by atoms with Gasteiger partial charge in [-0.05, 0) is 0 Å². The Balaban J connectivity index is 3.02. The number of nitrogen functional groups attached to an aromatic ring is 1. The normalized spacial score (nSPS) is 9.00. The lowest BCUT2D eigenvalue weighted by atomic mass is 10.5. The van der Waals surface area contributed by atoms with Crippen LogP contribution in [0.25, 0.3) is 0 Å². The molecule has 0 fully saturated rings. The van der Waals surface area contributed by atoms with E-state index in [4.69, 9.17) is 11.0 Å². The number of imidazole rings is 1. The van der Waals surface area contributed by atoms with Gasteiger partial charge in [-0.3, -0.25) is 0 Å². The van der Waals surface area contributed by atoms with Crippen LogP contribution < -0.4 is 5.73 Å². The predicted molar refractivity (Wildman–Crippen MR) is 41.6 cm³/mol. The van der Waals surface area contributed by atoms with E-state index < -0.39 is 0 Å². The highest BCUT2D eigenvalue weighted by molar-refractivity contribution is 5.44. The van der Waals surface area contributed by atoms with Crippen molar-refractivity contribution >= 4 is 5.82 Å². The summed E-state index contributed by atoms with van der Waals surface area (Å²) in [5.74, 6) is 0.396. The minimum absolute atomic E-state index is 0.270. The van der Waals surface area contributed by atoms with E-state index in [0.29, 0.717) is 12.4 Å². The van der Waals surface area contributed by atoms with E-state index in [-0.39, 0.29) is 5.69 Å². The van der Waals surface area contributed by atoms with Crippen molar-refractivity contribution in [2.45, 2.75) is 6.54 Å². The van der Waals surface area contributed by atoms with Crippen molar-refractivity contribution in [2.24, 2.45) is 0 Å². The van der Waals surface area contributed by atoms with Crippen LogP contribution in [0, 0.1) is 11.3 Å². The number of nitriles is 1. The first-order valence-corrected chi connectivity index (χ1v) is 3.11.